The van der Waals surface area contributed by atoms with E-state index < -0.39 is 0 Å². The van der Waals surface area contributed by atoms with Crippen molar-refractivity contribution >= 4 is 29.9 Å². The molecule has 2 unspecified atom stereocenters. The van der Waals surface area contributed by atoms with Crippen molar-refractivity contribution in [3.63, 3.8) is 0 Å². The second-order valence-electron chi connectivity index (χ2n) is 6.89. The first-order chi connectivity index (χ1) is 11.7. The maximum atomic E-state index is 9.91. The second kappa shape index (κ2) is 9.50. The van der Waals surface area contributed by atoms with E-state index in [0.717, 1.165) is 43.0 Å². The van der Waals surface area contributed by atoms with Gasteiger partial charge >= 0.3 is 0 Å². The van der Waals surface area contributed by atoms with Gasteiger partial charge < -0.3 is 20.1 Å². The number of ether oxygens (including phenoxy) is 1. The Hall–Kier alpha value is -1.18. The van der Waals surface area contributed by atoms with Crippen LogP contribution in [0.25, 0.3) is 0 Å². The van der Waals surface area contributed by atoms with Gasteiger partial charge in [-0.1, -0.05) is 18.9 Å². The van der Waals surface area contributed by atoms with Gasteiger partial charge in [0.15, 0.2) is 17.5 Å². The molecule has 0 amide bonds. The first-order valence-corrected chi connectivity index (χ1v) is 9.10. The largest absolute Gasteiger partial charge is 0.504 e. The van der Waals surface area contributed by atoms with E-state index in [1.807, 2.05) is 6.07 Å². The van der Waals surface area contributed by atoms with Gasteiger partial charge in [-0.25, -0.2) is 4.99 Å². The summed E-state index contributed by atoms with van der Waals surface area (Å²) in [7, 11) is 1.56. The van der Waals surface area contributed by atoms with Gasteiger partial charge in [0.2, 0.25) is 0 Å². The van der Waals surface area contributed by atoms with Crippen molar-refractivity contribution in [3.8, 4) is 11.5 Å². The van der Waals surface area contributed by atoms with Crippen molar-refractivity contribution in [2.45, 2.75) is 39.2 Å². The number of methoxy groups -OCH3 is 1. The summed E-state index contributed by atoms with van der Waals surface area (Å²) in [4.78, 5) is 7.22. The Labute approximate surface area is 167 Å². The quantitative estimate of drug-likeness (QED) is 0.411. The molecule has 1 saturated carbocycles. The molecule has 1 aliphatic carbocycles. The van der Waals surface area contributed by atoms with Crippen LogP contribution in [0, 0.1) is 11.8 Å². The van der Waals surface area contributed by atoms with E-state index in [4.69, 9.17) is 9.73 Å². The number of nitrogens with one attached hydrogen (secondary N) is 1. The summed E-state index contributed by atoms with van der Waals surface area (Å²) in [6, 6.07) is 5.47. The van der Waals surface area contributed by atoms with Crippen molar-refractivity contribution < 1.29 is 9.84 Å². The molecule has 0 aromatic heterocycles. The van der Waals surface area contributed by atoms with E-state index in [9.17, 15) is 5.11 Å². The minimum absolute atomic E-state index is 0. The molecule has 2 fully saturated rings. The van der Waals surface area contributed by atoms with Gasteiger partial charge in [0.25, 0.3) is 0 Å². The van der Waals surface area contributed by atoms with Crippen LogP contribution >= 0.6 is 24.0 Å². The van der Waals surface area contributed by atoms with E-state index in [-0.39, 0.29) is 29.7 Å². The fourth-order valence-corrected chi connectivity index (χ4v) is 4.00. The van der Waals surface area contributed by atoms with Crippen LogP contribution < -0.4 is 10.1 Å². The van der Waals surface area contributed by atoms with Crippen molar-refractivity contribution in [1.29, 1.82) is 0 Å². The van der Waals surface area contributed by atoms with Crippen molar-refractivity contribution in [2.75, 3.05) is 26.7 Å². The molecule has 0 spiro atoms. The smallest absolute Gasteiger partial charge is 0.194 e. The maximum absolute atomic E-state index is 9.91. The SMILES string of the molecule is CCNC(=NCc1ccc(OC)c(O)c1)N1CC2CCCCC2C1.I. The summed E-state index contributed by atoms with van der Waals surface area (Å²) in [6.45, 7) is 5.80. The molecule has 1 heterocycles. The number of aliphatic imine (C=N–C) groups is 1. The third kappa shape index (κ3) is 4.92. The summed E-state index contributed by atoms with van der Waals surface area (Å²) >= 11 is 0. The molecule has 6 heteroatoms. The highest BCUT2D eigenvalue weighted by Gasteiger charge is 2.35. The minimum Gasteiger partial charge on any atom is -0.504 e. The van der Waals surface area contributed by atoms with Gasteiger partial charge in [0, 0.05) is 19.6 Å². The van der Waals surface area contributed by atoms with Crippen LogP contribution in [0.1, 0.15) is 38.2 Å². The highest BCUT2D eigenvalue weighted by Crippen LogP contribution is 2.36. The number of phenols is 1. The van der Waals surface area contributed by atoms with Gasteiger partial charge in [-0.3, -0.25) is 0 Å². The fraction of sp³-hybridized carbons (Fsp3) is 0.632. The van der Waals surface area contributed by atoms with Crippen LogP contribution in [0.15, 0.2) is 23.2 Å². The monoisotopic (exact) mass is 459 g/mol. The number of hydrogen-bond donors (Lipinski definition) is 2. The summed E-state index contributed by atoms with van der Waals surface area (Å²) in [5.41, 5.74) is 0.986. The third-order valence-electron chi connectivity index (χ3n) is 5.27. The lowest BCUT2D eigenvalue weighted by molar-refractivity contribution is 0.299. The Bertz CT molecular complexity index is 580. The van der Waals surface area contributed by atoms with Gasteiger partial charge in [0.1, 0.15) is 0 Å². The van der Waals surface area contributed by atoms with Crippen LogP contribution in [0.5, 0.6) is 11.5 Å². The average Bonchev–Trinajstić information content (AvgIpc) is 3.02. The van der Waals surface area contributed by atoms with Gasteiger partial charge in [-0.2, -0.15) is 0 Å². The van der Waals surface area contributed by atoms with E-state index >= 15 is 0 Å². The molecule has 25 heavy (non-hydrogen) atoms. The van der Waals surface area contributed by atoms with Crippen LogP contribution in [0.4, 0.5) is 0 Å². The number of benzene rings is 1. The topological polar surface area (TPSA) is 57.1 Å². The highest BCUT2D eigenvalue weighted by atomic mass is 127. The molecule has 1 aromatic rings. The Balaban J connectivity index is 0.00000225. The zero-order chi connectivity index (χ0) is 16.9. The predicted molar refractivity (Wildman–Crippen MR) is 112 cm³/mol. The first-order valence-electron chi connectivity index (χ1n) is 9.10. The lowest BCUT2D eigenvalue weighted by Crippen LogP contribution is -2.40. The van der Waals surface area contributed by atoms with E-state index in [1.165, 1.54) is 25.7 Å². The normalized spacial score (nSPS) is 23.0. The Kier molecular flexibility index (Phi) is 7.65. The summed E-state index contributed by atoms with van der Waals surface area (Å²) < 4.78 is 5.09. The molecule has 1 saturated heterocycles. The number of phenolic OH excluding ortho intramolecular Hbond substituents is 1. The van der Waals surface area contributed by atoms with Crippen molar-refractivity contribution in [1.82, 2.24) is 10.2 Å². The molecule has 3 rings (SSSR count). The lowest BCUT2D eigenvalue weighted by atomic mass is 9.82. The molecule has 5 nitrogen and oxygen atoms in total. The molecular weight excluding hydrogens is 429 g/mol. The van der Waals surface area contributed by atoms with Gasteiger partial charge in [0.05, 0.1) is 13.7 Å². The molecule has 1 aliphatic heterocycles. The lowest BCUT2D eigenvalue weighted by Gasteiger charge is -2.22. The first kappa shape index (κ1) is 20.1. The maximum Gasteiger partial charge on any atom is 0.194 e. The van der Waals surface area contributed by atoms with Crippen molar-refractivity contribution in [3.05, 3.63) is 23.8 Å². The van der Waals surface area contributed by atoms with E-state index in [2.05, 4.69) is 17.1 Å². The van der Waals surface area contributed by atoms with Crippen LogP contribution in [0.3, 0.4) is 0 Å². The third-order valence-corrected chi connectivity index (χ3v) is 5.27. The highest BCUT2D eigenvalue weighted by molar-refractivity contribution is 14.0. The average molecular weight is 459 g/mol. The summed E-state index contributed by atoms with van der Waals surface area (Å²) in [5, 5.41) is 13.3. The molecular formula is C19H30IN3O2. The fourth-order valence-electron chi connectivity index (χ4n) is 4.00. The zero-order valence-corrected chi connectivity index (χ0v) is 17.5. The number of aromatic hydroxyl groups is 1. The Morgan fingerprint density at radius 2 is 1.96 bits per heavy atom. The molecule has 2 atom stereocenters. The van der Waals surface area contributed by atoms with E-state index in [0.29, 0.717) is 12.3 Å². The number of rotatable bonds is 4. The number of nitrogens with zero attached hydrogens (tertiary/aromatic N) is 2. The predicted octanol–water partition coefficient (Wildman–Crippen LogP) is 3.61. The van der Waals surface area contributed by atoms with Gasteiger partial charge in [-0.15, -0.1) is 24.0 Å². The molecule has 0 bridgehead atoms. The van der Waals surface area contributed by atoms with E-state index in [1.54, 1.807) is 19.2 Å². The number of fused-ring (bicyclic) bond motifs is 1. The molecule has 2 aliphatic rings. The number of guanidine groups is 1. The molecule has 140 valence electrons. The number of halogens is 1. The second-order valence-corrected chi connectivity index (χ2v) is 6.89. The standard InChI is InChI=1S/C19H29N3O2.HI/c1-3-20-19(22-12-15-6-4-5-7-16(15)13-22)21-11-14-8-9-18(24-2)17(23)10-14;/h8-10,15-16,23H,3-7,11-13H2,1-2H3,(H,20,21);1H. The van der Waals surface area contributed by atoms with Crippen LogP contribution in [-0.4, -0.2) is 42.7 Å². The molecule has 0 radical (unpaired) electrons. The van der Waals surface area contributed by atoms with Crippen molar-refractivity contribution in [2.24, 2.45) is 16.8 Å². The van der Waals surface area contributed by atoms with Crippen LogP contribution in [-0.2, 0) is 6.54 Å². The summed E-state index contributed by atoms with van der Waals surface area (Å²) in [6.07, 6.45) is 5.50. The van der Waals surface area contributed by atoms with Crippen LogP contribution in [0.2, 0.25) is 0 Å². The zero-order valence-electron chi connectivity index (χ0n) is 15.2. The van der Waals surface area contributed by atoms with Gasteiger partial charge in [-0.05, 0) is 49.3 Å². The number of likely N-dealkylation sites (tertiary alicyclic amines) is 1. The Morgan fingerprint density at radius 1 is 1.28 bits per heavy atom. The number of hydrogen-bond acceptors (Lipinski definition) is 3. The Morgan fingerprint density at radius 3 is 2.52 bits per heavy atom. The summed E-state index contributed by atoms with van der Waals surface area (Å²) in [5.74, 6) is 3.35. The molecule has 2 N–H and O–H groups in total. The molecule has 1 aromatic carbocycles. The minimum atomic E-state index is 0.